The van der Waals surface area contributed by atoms with Crippen LogP contribution in [-0.4, -0.2) is 55.3 Å². The molecule has 1 amide bonds. The number of hydrogen-bond donors (Lipinski definition) is 3. The van der Waals surface area contributed by atoms with Crippen LogP contribution in [0, 0.1) is 5.92 Å². The number of rotatable bonds is 5. The van der Waals surface area contributed by atoms with Gasteiger partial charge in [-0.25, -0.2) is 9.89 Å². The van der Waals surface area contributed by atoms with E-state index < -0.39 is 6.10 Å². The summed E-state index contributed by atoms with van der Waals surface area (Å²) in [5.41, 5.74) is 1.69. The molecule has 8 heteroatoms. The molecule has 4 rings (SSSR count). The van der Waals surface area contributed by atoms with Gasteiger partial charge in [0.25, 0.3) is 0 Å². The zero-order valence-corrected chi connectivity index (χ0v) is 14.8. The molecule has 1 aliphatic rings. The summed E-state index contributed by atoms with van der Waals surface area (Å²) in [6, 6.07) is 9.92. The van der Waals surface area contributed by atoms with Crippen LogP contribution in [0.2, 0.25) is 0 Å². The highest BCUT2D eigenvalue weighted by Crippen LogP contribution is 2.25. The lowest BCUT2D eigenvalue weighted by Gasteiger charge is -2.16. The summed E-state index contributed by atoms with van der Waals surface area (Å²) in [5, 5.41) is 17.6. The van der Waals surface area contributed by atoms with Crippen molar-refractivity contribution in [3.05, 3.63) is 58.4 Å². The summed E-state index contributed by atoms with van der Waals surface area (Å²) >= 11 is 0. The van der Waals surface area contributed by atoms with Crippen molar-refractivity contribution < 1.29 is 9.90 Å². The first kappa shape index (κ1) is 17.4. The Hall–Kier alpha value is -3.00. The number of nitrogens with zero attached hydrogens (tertiary/aromatic N) is 3. The lowest BCUT2D eigenvalue weighted by Crippen LogP contribution is -2.29. The van der Waals surface area contributed by atoms with Gasteiger partial charge in [-0.3, -0.25) is 14.8 Å². The molecular formula is C19H21N5O3. The number of para-hydroxylation sites is 1. The molecule has 8 nitrogen and oxygen atoms in total. The Labute approximate surface area is 155 Å². The molecule has 140 valence electrons. The van der Waals surface area contributed by atoms with Crippen molar-refractivity contribution in [2.75, 3.05) is 13.1 Å². The van der Waals surface area contributed by atoms with Crippen LogP contribution in [0.5, 0.6) is 0 Å². The largest absolute Gasteiger partial charge is 0.391 e. The highest BCUT2D eigenvalue weighted by Gasteiger charge is 2.34. The Morgan fingerprint density at radius 2 is 2.11 bits per heavy atom. The molecule has 0 saturated carbocycles. The van der Waals surface area contributed by atoms with Gasteiger partial charge in [-0.05, 0) is 24.1 Å². The molecule has 0 radical (unpaired) electrons. The fourth-order valence-corrected chi connectivity index (χ4v) is 3.68. The van der Waals surface area contributed by atoms with Gasteiger partial charge in [-0.15, -0.1) is 0 Å². The third-order valence-electron chi connectivity index (χ3n) is 5.11. The van der Waals surface area contributed by atoms with Gasteiger partial charge in [0.1, 0.15) is 5.82 Å². The number of benzene rings is 1. The number of aryl methyl sites for hydroxylation is 1. The Morgan fingerprint density at radius 3 is 2.93 bits per heavy atom. The van der Waals surface area contributed by atoms with Crippen LogP contribution < -0.4 is 5.69 Å². The van der Waals surface area contributed by atoms with Crippen molar-refractivity contribution in [3.8, 4) is 0 Å². The molecule has 1 aromatic carbocycles. The van der Waals surface area contributed by atoms with E-state index in [0.29, 0.717) is 31.8 Å². The van der Waals surface area contributed by atoms with Crippen molar-refractivity contribution in [2.24, 2.45) is 5.92 Å². The Balaban J connectivity index is 1.40. The van der Waals surface area contributed by atoms with E-state index in [2.05, 4.69) is 20.2 Å². The van der Waals surface area contributed by atoms with Crippen LogP contribution in [-0.2, 0) is 17.6 Å². The second-order valence-electron chi connectivity index (χ2n) is 6.94. The number of carbonyl (C=O) groups is 1. The first-order chi connectivity index (χ1) is 13.1. The summed E-state index contributed by atoms with van der Waals surface area (Å²) in [4.78, 5) is 32.1. The number of likely N-dealkylation sites (tertiary alicyclic amines) is 1. The molecule has 1 fully saturated rings. The van der Waals surface area contributed by atoms with Crippen molar-refractivity contribution in [2.45, 2.75) is 25.4 Å². The molecule has 1 saturated heterocycles. The summed E-state index contributed by atoms with van der Waals surface area (Å²) in [6.07, 6.45) is 2.54. The maximum absolute atomic E-state index is 12.5. The molecule has 1 aliphatic heterocycles. The lowest BCUT2D eigenvalue weighted by atomic mass is 9.94. The summed E-state index contributed by atoms with van der Waals surface area (Å²) < 4.78 is 0. The molecule has 2 aromatic heterocycles. The Morgan fingerprint density at radius 1 is 1.26 bits per heavy atom. The molecular weight excluding hydrogens is 346 g/mol. The van der Waals surface area contributed by atoms with Crippen molar-refractivity contribution >= 4 is 16.8 Å². The third-order valence-corrected chi connectivity index (χ3v) is 5.11. The van der Waals surface area contributed by atoms with Gasteiger partial charge in [0.2, 0.25) is 5.91 Å². The molecule has 0 aliphatic carbocycles. The van der Waals surface area contributed by atoms with Gasteiger partial charge in [0.05, 0.1) is 11.6 Å². The first-order valence-corrected chi connectivity index (χ1v) is 9.02. The van der Waals surface area contributed by atoms with E-state index in [0.717, 1.165) is 16.5 Å². The average Bonchev–Trinajstić information content (AvgIpc) is 3.26. The number of β-amino-alcohol motifs (C(OH)–C–C–N with tert-alkyl or cyclic N) is 1. The van der Waals surface area contributed by atoms with Crippen LogP contribution >= 0.6 is 0 Å². The Kier molecular flexibility index (Phi) is 4.72. The summed E-state index contributed by atoms with van der Waals surface area (Å²) in [5.74, 6) is 0.415. The predicted molar refractivity (Wildman–Crippen MR) is 99.1 cm³/mol. The molecule has 0 unspecified atom stereocenters. The predicted octanol–water partition coefficient (Wildman–Crippen LogP) is 0.641. The number of fused-ring (bicyclic) bond motifs is 1. The number of carbonyl (C=O) groups excluding carboxylic acids is 1. The molecule has 0 bridgehead atoms. The minimum Gasteiger partial charge on any atom is -0.391 e. The van der Waals surface area contributed by atoms with E-state index in [1.165, 1.54) is 0 Å². The van der Waals surface area contributed by atoms with E-state index in [1.807, 2.05) is 30.3 Å². The smallest absolute Gasteiger partial charge is 0.340 e. The maximum Gasteiger partial charge on any atom is 0.340 e. The van der Waals surface area contributed by atoms with Gasteiger partial charge in [-0.2, -0.15) is 5.10 Å². The first-order valence-electron chi connectivity index (χ1n) is 9.02. The van der Waals surface area contributed by atoms with Gasteiger partial charge < -0.3 is 10.0 Å². The number of aliphatic hydroxyl groups is 1. The highest BCUT2D eigenvalue weighted by atomic mass is 16.3. The SMILES string of the molecule is O=C(CCc1n[nH]c(=O)[nH]1)N1C[C@@H](Cc2ccnc3ccccc23)[C@@H](O)C1. The lowest BCUT2D eigenvalue weighted by molar-refractivity contribution is -0.130. The maximum atomic E-state index is 12.5. The van der Waals surface area contributed by atoms with Crippen molar-refractivity contribution in [3.63, 3.8) is 0 Å². The second-order valence-corrected chi connectivity index (χ2v) is 6.94. The van der Waals surface area contributed by atoms with Gasteiger partial charge in [-0.1, -0.05) is 18.2 Å². The Bertz CT molecular complexity index is 1010. The molecule has 3 N–H and O–H groups in total. The summed E-state index contributed by atoms with van der Waals surface area (Å²) in [6.45, 7) is 0.858. The molecule has 3 aromatic rings. The topological polar surface area (TPSA) is 115 Å². The van der Waals surface area contributed by atoms with Crippen LogP contribution in [0.4, 0.5) is 0 Å². The van der Waals surface area contributed by atoms with Crippen LogP contribution in [0.15, 0.2) is 41.3 Å². The number of nitrogens with one attached hydrogen (secondary N) is 2. The quantitative estimate of drug-likeness (QED) is 0.612. The third kappa shape index (κ3) is 3.75. The fraction of sp³-hybridized carbons (Fsp3) is 0.368. The van der Waals surface area contributed by atoms with Crippen LogP contribution in [0.3, 0.4) is 0 Å². The monoisotopic (exact) mass is 367 g/mol. The zero-order valence-electron chi connectivity index (χ0n) is 14.8. The van der Waals surface area contributed by atoms with Crippen molar-refractivity contribution in [1.82, 2.24) is 25.1 Å². The van der Waals surface area contributed by atoms with Gasteiger partial charge >= 0.3 is 5.69 Å². The number of aromatic amines is 2. The molecule has 2 atom stereocenters. The second kappa shape index (κ2) is 7.32. The van der Waals surface area contributed by atoms with E-state index in [4.69, 9.17) is 0 Å². The minimum atomic E-state index is -0.550. The van der Waals surface area contributed by atoms with Gasteiger partial charge in [0.15, 0.2) is 0 Å². The van der Waals surface area contributed by atoms with Crippen molar-refractivity contribution in [1.29, 1.82) is 0 Å². The standard InChI is InChI=1S/C19H21N5O3/c25-16-11-24(18(26)6-5-17-21-19(27)23-22-17)10-13(16)9-12-7-8-20-15-4-2-1-3-14(12)15/h1-4,7-8,13,16,25H,5-6,9-11H2,(H2,21,22,23,27)/t13-,16+/m1/s1. The van der Waals surface area contributed by atoms with E-state index in [9.17, 15) is 14.7 Å². The normalized spacial score (nSPS) is 19.7. The van der Waals surface area contributed by atoms with E-state index >= 15 is 0 Å². The molecule has 0 spiro atoms. The fourth-order valence-electron chi connectivity index (χ4n) is 3.68. The van der Waals surface area contributed by atoms with E-state index in [1.54, 1.807) is 11.1 Å². The number of amides is 1. The zero-order chi connectivity index (χ0) is 18.8. The average molecular weight is 367 g/mol. The number of aliphatic hydroxyl groups excluding tert-OH is 1. The van der Waals surface area contributed by atoms with Crippen LogP contribution in [0.25, 0.3) is 10.9 Å². The minimum absolute atomic E-state index is 0.00931. The summed E-state index contributed by atoms with van der Waals surface area (Å²) in [7, 11) is 0. The van der Waals surface area contributed by atoms with E-state index in [-0.39, 0.29) is 23.9 Å². The number of hydrogen-bond acceptors (Lipinski definition) is 5. The number of H-pyrrole nitrogens is 2. The molecule has 3 heterocycles. The number of pyridine rings is 1. The molecule has 27 heavy (non-hydrogen) atoms. The van der Waals surface area contributed by atoms with Gasteiger partial charge in [0, 0.05) is 43.4 Å². The van der Waals surface area contributed by atoms with Crippen LogP contribution in [0.1, 0.15) is 17.8 Å². The highest BCUT2D eigenvalue weighted by molar-refractivity contribution is 5.82. The number of aromatic nitrogens is 4.